The standard InChI is InChI=1S/C24H17F3N2O3S2/c1-13-10-16(14(2)28(13)18-8-6-15(7-9-18)22(31)32)11-20-21(30)29(23(33)34-20)19-5-3-4-17(12-19)24(25,26)27/h3-12H,1-2H3,(H,31,32)/b20-11-. The summed E-state index contributed by atoms with van der Waals surface area (Å²) in [5, 5.41) is 9.10. The number of carboxylic acids is 1. The molecule has 2 aromatic carbocycles. The van der Waals surface area contributed by atoms with E-state index in [1.54, 1.807) is 18.2 Å². The third-order valence-electron chi connectivity index (χ3n) is 5.35. The highest BCUT2D eigenvalue weighted by molar-refractivity contribution is 8.27. The highest BCUT2D eigenvalue weighted by Gasteiger charge is 2.36. The van der Waals surface area contributed by atoms with Crippen molar-refractivity contribution >= 4 is 51.9 Å². The summed E-state index contributed by atoms with van der Waals surface area (Å²) in [5.74, 6) is -1.51. The number of carboxylic acid groups (broad SMARTS) is 1. The Morgan fingerprint density at radius 3 is 2.35 bits per heavy atom. The zero-order chi connectivity index (χ0) is 24.8. The fourth-order valence-electron chi connectivity index (χ4n) is 3.74. The van der Waals surface area contributed by atoms with Gasteiger partial charge >= 0.3 is 12.1 Å². The van der Waals surface area contributed by atoms with E-state index in [0.717, 1.165) is 51.4 Å². The predicted octanol–water partition coefficient (Wildman–Crippen LogP) is 6.22. The van der Waals surface area contributed by atoms with Crippen molar-refractivity contribution in [3.05, 3.63) is 87.6 Å². The van der Waals surface area contributed by atoms with Crippen molar-refractivity contribution in [1.82, 2.24) is 4.57 Å². The number of rotatable bonds is 4. The van der Waals surface area contributed by atoms with E-state index in [0.29, 0.717) is 4.91 Å². The fraction of sp³-hybridized carbons (Fsp3) is 0.125. The van der Waals surface area contributed by atoms with Gasteiger partial charge in [-0.05, 0) is 74.0 Å². The average molecular weight is 503 g/mol. The van der Waals surface area contributed by atoms with Crippen LogP contribution in [0.1, 0.15) is 32.9 Å². The number of thiocarbonyl (C=S) groups is 1. The van der Waals surface area contributed by atoms with Crippen molar-refractivity contribution < 1.29 is 27.9 Å². The normalized spacial score (nSPS) is 15.4. The number of halogens is 3. The van der Waals surface area contributed by atoms with Gasteiger partial charge in [-0.1, -0.05) is 30.0 Å². The van der Waals surface area contributed by atoms with Gasteiger partial charge in [-0.2, -0.15) is 13.2 Å². The average Bonchev–Trinajstić information content (AvgIpc) is 3.21. The van der Waals surface area contributed by atoms with Crippen LogP contribution >= 0.6 is 24.0 Å². The summed E-state index contributed by atoms with van der Waals surface area (Å²) >= 11 is 6.32. The molecule has 0 unspecified atom stereocenters. The van der Waals surface area contributed by atoms with Gasteiger partial charge in [0, 0.05) is 17.1 Å². The first-order valence-corrected chi connectivity index (χ1v) is 11.2. The number of carbonyl (C=O) groups is 2. The Labute approximate surface area is 202 Å². The highest BCUT2D eigenvalue weighted by Crippen LogP contribution is 2.39. The predicted molar refractivity (Wildman–Crippen MR) is 129 cm³/mol. The van der Waals surface area contributed by atoms with Crippen LogP contribution in [0, 0.1) is 13.8 Å². The number of thioether (sulfide) groups is 1. The van der Waals surface area contributed by atoms with Crippen molar-refractivity contribution in [3.8, 4) is 5.69 Å². The number of benzene rings is 2. The zero-order valence-corrected chi connectivity index (χ0v) is 19.5. The molecule has 1 saturated heterocycles. The largest absolute Gasteiger partial charge is 0.478 e. The number of nitrogens with zero attached hydrogens (tertiary/aromatic N) is 2. The molecule has 1 fully saturated rings. The maximum absolute atomic E-state index is 13.1. The minimum atomic E-state index is -4.54. The van der Waals surface area contributed by atoms with Crippen LogP contribution in [0.3, 0.4) is 0 Å². The van der Waals surface area contributed by atoms with Crippen LogP contribution in [-0.2, 0) is 11.0 Å². The number of aryl methyl sites for hydroxylation is 1. The fourth-order valence-corrected chi connectivity index (χ4v) is 5.03. The second kappa shape index (κ2) is 8.77. The molecule has 34 heavy (non-hydrogen) atoms. The molecule has 1 N–H and O–H groups in total. The zero-order valence-electron chi connectivity index (χ0n) is 17.9. The van der Waals surface area contributed by atoms with Gasteiger partial charge < -0.3 is 9.67 Å². The van der Waals surface area contributed by atoms with Crippen molar-refractivity contribution in [2.75, 3.05) is 4.90 Å². The van der Waals surface area contributed by atoms with Gasteiger partial charge in [-0.15, -0.1) is 0 Å². The van der Waals surface area contributed by atoms with E-state index in [9.17, 15) is 22.8 Å². The Bertz CT molecular complexity index is 1360. The van der Waals surface area contributed by atoms with Crippen LogP contribution < -0.4 is 4.90 Å². The molecule has 0 radical (unpaired) electrons. The number of amides is 1. The van der Waals surface area contributed by atoms with Crippen LogP contribution in [0.5, 0.6) is 0 Å². The van der Waals surface area contributed by atoms with Gasteiger partial charge in [-0.3, -0.25) is 9.69 Å². The number of carbonyl (C=O) groups excluding carboxylic acids is 1. The van der Waals surface area contributed by atoms with Gasteiger partial charge in [-0.25, -0.2) is 4.79 Å². The number of anilines is 1. The quantitative estimate of drug-likeness (QED) is 0.339. The summed E-state index contributed by atoms with van der Waals surface area (Å²) in [6.45, 7) is 3.74. The first kappa shape index (κ1) is 23.8. The van der Waals surface area contributed by atoms with Crippen molar-refractivity contribution in [1.29, 1.82) is 0 Å². The molecule has 0 atom stereocenters. The Hall–Kier alpha value is -3.37. The topological polar surface area (TPSA) is 62.5 Å². The maximum Gasteiger partial charge on any atom is 0.416 e. The molecule has 10 heteroatoms. The van der Waals surface area contributed by atoms with E-state index in [2.05, 4.69) is 0 Å². The molecule has 1 amide bonds. The molecule has 5 nitrogen and oxygen atoms in total. The van der Waals surface area contributed by atoms with Crippen LogP contribution in [-0.4, -0.2) is 25.9 Å². The van der Waals surface area contributed by atoms with Gasteiger partial charge in [0.2, 0.25) is 0 Å². The van der Waals surface area contributed by atoms with E-state index in [1.807, 2.05) is 24.5 Å². The molecule has 0 saturated carbocycles. The summed E-state index contributed by atoms with van der Waals surface area (Å²) in [6.07, 6.45) is -2.87. The lowest BCUT2D eigenvalue weighted by Gasteiger charge is -2.16. The van der Waals surface area contributed by atoms with E-state index in [1.165, 1.54) is 24.3 Å². The summed E-state index contributed by atoms with van der Waals surface area (Å²) < 4.78 is 41.4. The molecule has 0 bridgehead atoms. The van der Waals surface area contributed by atoms with E-state index < -0.39 is 23.6 Å². The molecule has 2 heterocycles. The van der Waals surface area contributed by atoms with E-state index in [-0.39, 0.29) is 15.6 Å². The van der Waals surface area contributed by atoms with Crippen molar-refractivity contribution in [3.63, 3.8) is 0 Å². The third-order valence-corrected chi connectivity index (χ3v) is 6.66. The van der Waals surface area contributed by atoms with Crippen molar-refractivity contribution in [2.24, 2.45) is 0 Å². The van der Waals surface area contributed by atoms with Gasteiger partial charge in [0.15, 0.2) is 4.32 Å². The molecule has 1 aliphatic rings. The monoisotopic (exact) mass is 502 g/mol. The molecule has 0 spiro atoms. The minimum Gasteiger partial charge on any atom is -0.478 e. The number of alkyl halides is 3. The van der Waals surface area contributed by atoms with Crippen LogP contribution in [0.15, 0.2) is 59.5 Å². The van der Waals surface area contributed by atoms with Crippen LogP contribution in [0.4, 0.5) is 18.9 Å². The number of aromatic nitrogens is 1. The Morgan fingerprint density at radius 2 is 1.74 bits per heavy atom. The Morgan fingerprint density at radius 1 is 1.06 bits per heavy atom. The SMILES string of the molecule is Cc1cc(/C=C2\SC(=S)N(c3cccc(C(F)(F)F)c3)C2=O)c(C)n1-c1ccc(C(=O)O)cc1. The lowest BCUT2D eigenvalue weighted by molar-refractivity contribution is -0.137. The molecular formula is C24H17F3N2O3S2. The first-order valence-electron chi connectivity index (χ1n) is 9.95. The molecule has 3 aromatic rings. The number of aromatic carboxylic acids is 1. The van der Waals surface area contributed by atoms with Gasteiger partial charge in [0.25, 0.3) is 5.91 Å². The Kier molecular flexibility index (Phi) is 6.13. The van der Waals surface area contributed by atoms with Gasteiger partial charge in [0.1, 0.15) is 0 Å². The molecular weight excluding hydrogens is 485 g/mol. The highest BCUT2D eigenvalue weighted by atomic mass is 32.2. The third kappa shape index (κ3) is 4.38. The second-order valence-electron chi connectivity index (χ2n) is 7.58. The Balaban J connectivity index is 1.67. The molecule has 1 aliphatic heterocycles. The summed E-state index contributed by atoms with van der Waals surface area (Å²) in [5.41, 5.74) is 2.54. The first-order chi connectivity index (χ1) is 16.0. The van der Waals surface area contributed by atoms with Gasteiger partial charge in [0.05, 0.1) is 21.7 Å². The summed E-state index contributed by atoms with van der Waals surface area (Å²) in [7, 11) is 0. The second-order valence-corrected chi connectivity index (χ2v) is 9.25. The lowest BCUT2D eigenvalue weighted by Crippen LogP contribution is -2.27. The van der Waals surface area contributed by atoms with Crippen molar-refractivity contribution in [2.45, 2.75) is 20.0 Å². The van der Waals surface area contributed by atoms with E-state index >= 15 is 0 Å². The smallest absolute Gasteiger partial charge is 0.416 e. The maximum atomic E-state index is 13.1. The summed E-state index contributed by atoms with van der Waals surface area (Å²) in [4.78, 5) is 25.6. The number of hydrogen-bond donors (Lipinski definition) is 1. The lowest BCUT2D eigenvalue weighted by atomic mass is 10.1. The molecule has 0 aliphatic carbocycles. The molecule has 4 rings (SSSR count). The minimum absolute atomic E-state index is 0.0599. The number of hydrogen-bond acceptors (Lipinski definition) is 4. The van der Waals surface area contributed by atoms with E-state index in [4.69, 9.17) is 17.3 Å². The molecule has 174 valence electrons. The molecule has 1 aromatic heterocycles. The van der Waals surface area contributed by atoms with Crippen LogP contribution in [0.25, 0.3) is 11.8 Å². The van der Waals surface area contributed by atoms with Crippen LogP contribution in [0.2, 0.25) is 0 Å². The summed E-state index contributed by atoms with van der Waals surface area (Å²) in [6, 6.07) is 12.8.